The second-order valence-corrected chi connectivity index (χ2v) is 0.894. The average Bonchev–Trinajstić information content (AvgIpc) is 1.64. The number of hydrogen-bond donors (Lipinski definition) is 1. The van der Waals surface area contributed by atoms with Gasteiger partial charge in [-0.3, -0.25) is 0 Å². The Morgan fingerprint density at radius 1 is 1.55 bits per heavy atom. The van der Waals surface area contributed by atoms with Gasteiger partial charge in [0.15, 0.2) is 0 Å². The van der Waals surface area contributed by atoms with Crippen molar-refractivity contribution in [2.75, 3.05) is 0 Å². The Kier molecular flexibility index (Phi) is 11.7. The van der Waals surface area contributed by atoms with E-state index in [1.54, 1.807) is 0 Å². The fourth-order valence-corrected chi connectivity index (χ4v) is 0. The van der Waals surface area contributed by atoms with Gasteiger partial charge in [0, 0.05) is 6.26 Å². The quantitative estimate of drug-likeness (QED) is 0.308. The average molecular weight is 179 g/mol. The molecule has 0 aromatic rings. The van der Waals surface area contributed by atoms with E-state index in [2.05, 4.69) is 0 Å². The van der Waals surface area contributed by atoms with Gasteiger partial charge in [0.2, 0.25) is 0 Å². The first-order chi connectivity index (χ1) is 4.36. The largest absolute Gasteiger partial charge is 1.00 e. The van der Waals surface area contributed by atoms with E-state index in [0.717, 1.165) is 0 Å². The van der Waals surface area contributed by atoms with Crippen LogP contribution in [0.15, 0.2) is 0 Å². The molecule has 4 nitrogen and oxygen atoms in total. The number of rotatable bonds is 0. The van der Waals surface area contributed by atoms with Crippen molar-refractivity contribution in [2.24, 2.45) is 0 Å². The van der Waals surface area contributed by atoms with E-state index in [1.807, 2.05) is 0 Å². The summed E-state index contributed by atoms with van der Waals surface area (Å²) in [5.41, 5.74) is 0. The zero-order valence-electron chi connectivity index (χ0n) is 5.34. The summed E-state index contributed by atoms with van der Waals surface area (Å²) in [6.07, 6.45) is -4.58. The van der Waals surface area contributed by atoms with Crippen LogP contribution in [0.4, 0.5) is 13.2 Å². The molecule has 0 unspecified atom stereocenters. The van der Waals surface area contributed by atoms with E-state index in [4.69, 9.17) is 20.3 Å². The third-order valence-corrected chi connectivity index (χ3v) is 0.243. The van der Waals surface area contributed by atoms with E-state index in [0.29, 0.717) is 6.26 Å². The normalized spacial score (nSPS) is 7.82. The van der Waals surface area contributed by atoms with E-state index in [-0.39, 0.29) is 29.6 Å². The number of nitrogens with zero attached hydrogens (tertiary/aromatic N) is 1. The Balaban J connectivity index is -0.000000140. The molecular weight excluding hydrogens is 178 g/mol. The predicted octanol–water partition coefficient (Wildman–Crippen LogP) is -3.53. The van der Waals surface area contributed by atoms with E-state index in [9.17, 15) is 13.2 Å². The summed E-state index contributed by atoms with van der Waals surface area (Å²) >= 11 is 0. The van der Waals surface area contributed by atoms with Gasteiger partial charge in [-0.25, -0.2) is 10.1 Å². The topological polar surface area (TPSA) is 84.1 Å². The molecule has 0 fully saturated rings. The van der Waals surface area contributed by atoms with E-state index >= 15 is 0 Å². The van der Waals surface area contributed by atoms with Crippen molar-refractivity contribution in [3.05, 3.63) is 0 Å². The van der Waals surface area contributed by atoms with Crippen molar-refractivity contribution in [3.8, 4) is 6.26 Å². The minimum atomic E-state index is -5.08. The molecule has 0 aliphatic carbocycles. The number of carboxylic acid groups (broad SMARTS) is 1. The van der Waals surface area contributed by atoms with Gasteiger partial charge in [-0.05, 0) is 0 Å². The first-order valence-corrected chi connectivity index (χ1v) is 1.67. The molecule has 0 spiro atoms. The van der Waals surface area contributed by atoms with Gasteiger partial charge in [-0.1, -0.05) is 0 Å². The summed E-state index contributed by atoms with van der Waals surface area (Å²) < 4.78 is 31.7. The number of aliphatic carboxylic acids is 1. The molecule has 0 heterocycles. The maximum Gasteiger partial charge on any atom is 1.00 e. The van der Waals surface area contributed by atoms with Crippen LogP contribution in [-0.2, 0) is 4.79 Å². The molecule has 0 aliphatic heterocycles. The van der Waals surface area contributed by atoms with Crippen LogP contribution in [0.5, 0.6) is 0 Å². The first-order valence-electron chi connectivity index (χ1n) is 1.67. The zero-order chi connectivity index (χ0) is 8.78. The Bertz CT molecular complexity index is 151. The van der Waals surface area contributed by atoms with Gasteiger partial charge < -0.3 is 10.2 Å². The summed E-state index contributed by atoms with van der Waals surface area (Å²) in [6.45, 7) is 0. The van der Waals surface area contributed by atoms with Gasteiger partial charge in [-0.15, -0.1) is 0 Å². The third-order valence-electron chi connectivity index (χ3n) is 0.243. The van der Waals surface area contributed by atoms with E-state index in [1.165, 1.54) is 0 Å². The molecule has 0 saturated heterocycles. The van der Waals surface area contributed by atoms with Crippen LogP contribution in [0.3, 0.4) is 0 Å². The fraction of sp³-hybridized carbons (Fsp3) is 0.333. The van der Waals surface area contributed by atoms with Gasteiger partial charge in [0.1, 0.15) is 0 Å². The number of nitriles is 1. The maximum atomic E-state index is 10.6. The second kappa shape index (κ2) is 7.65. The molecule has 0 saturated carbocycles. The molecular formula is C3HF3NNaO3. The molecule has 0 aliphatic rings. The van der Waals surface area contributed by atoms with Crippen LogP contribution < -0.4 is 34.7 Å². The van der Waals surface area contributed by atoms with Gasteiger partial charge in [-0.2, -0.15) is 13.2 Å². The van der Waals surface area contributed by atoms with Crippen LogP contribution in [-0.4, -0.2) is 17.3 Å². The summed E-state index contributed by atoms with van der Waals surface area (Å²) in [4.78, 5) is 8.90. The summed E-state index contributed by atoms with van der Waals surface area (Å²) in [5, 5.41) is 22.1. The Morgan fingerprint density at radius 3 is 1.64 bits per heavy atom. The Labute approximate surface area is 81.5 Å². The van der Waals surface area contributed by atoms with Gasteiger partial charge >= 0.3 is 41.7 Å². The minimum Gasteiger partial charge on any atom is -0.812 e. The van der Waals surface area contributed by atoms with Crippen LogP contribution >= 0.6 is 0 Å². The molecule has 0 amide bonds. The molecule has 0 rings (SSSR count). The summed E-state index contributed by atoms with van der Waals surface area (Å²) in [7, 11) is 0. The SMILES string of the molecule is N#C[O-].O=C(O)C(F)(F)F.[Na+]. The summed E-state index contributed by atoms with van der Waals surface area (Å²) in [6, 6.07) is 0. The van der Waals surface area contributed by atoms with Crippen molar-refractivity contribution < 1.29 is 57.7 Å². The molecule has 0 radical (unpaired) electrons. The molecule has 0 aromatic heterocycles. The third kappa shape index (κ3) is 17.7. The van der Waals surface area contributed by atoms with Crippen molar-refractivity contribution in [1.29, 1.82) is 5.26 Å². The smallest absolute Gasteiger partial charge is 0.812 e. The van der Waals surface area contributed by atoms with Gasteiger partial charge in [0.05, 0.1) is 0 Å². The van der Waals surface area contributed by atoms with Crippen molar-refractivity contribution in [1.82, 2.24) is 0 Å². The zero-order valence-corrected chi connectivity index (χ0v) is 7.34. The van der Waals surface area contributed by atoms with Crippen molar-refractivity contribution in [2.45, 2.75) is 6.18 Å². The molecule has 11 heavy (non-hydrogen) atoms. The minimum absolute atomic E-state index is 0. The monoisotopic (exact) mass is 179 g/mol. The standard InChI is InChI=1S/C2HF3O2.CHNO.Na/c3-2(4,5)1(6)7;2-1-3;/h(H,6,7);3H;/q;;+1/p-1. The number of alkyl halides is 3. The van der Waals surface area contributed by atoms with Crippen LogP contribution in [0, 0.1) is 11.5 Å². The molecule has 0 aromatic carbocycles. The summed E-state index contributed by atoms with van der Waals surface area (Å²) in [5.74, 6) is -2.76. The molecule has 1 N–H and O–H groups in total. The molecule has 0 bridgehead atoms. The van der Waals surface area contributed by atoms with Gasteiger partial charge in [0.25, 0.3) is 0 Å². The van der Waals surface area contributed by atoms with Crippen molar-refractivity contribution >= 4 is 5.97 Å². The van der Waals surface area contributed by atoms with Crippen molar-refractivity contribution in [3.63, 3.8) is 0 Å². The molecule has 0 atom stereocenters. The molecule has 8 heteroatoms. The number of carbonyl (C=O) groups is 1. The van der Waals surface area contributed by atoms with Crippen LogP contribution in [0.2, 0.25) is 0 Å². The van der Waals surface area contributed by atoms with Crippen LogP contribution in [0.25, 0.3) is 0 Å². The number of hydrogen-bond acceptors (Lipinski definition) is 3. The molecule has 58 valence electrons. The predicted molar refractivity (Wildman–Crippen MR) is 19.3 cm³/mol. The van der Waals surface area contributed by atoms with E-state index < -0.39 is 12.1 Å². The number of carboxylic acids is 1. The Morgan fingerprint density at radius 2 is 1.64 bits per heavy atom. The fourth-order valence-electron chi connectivity index (χ4n) is 0. The number of halogens is 3. The Hall–Kier alpha value is -0.450. The maximum absolute atomic E-state index is 10.6. The first kappa shape index (κ1) is 16.9. The second-order valence-electron chi connectivity index (χ2n) is 0.894. The van der Waals surface area contributed by atoms with Crippen LogP contribution in [0.1, 0.15) is 0 Å².